The summed E-state index contributed by atoms with van der Waals surface area (Å²) < 4.78 is 10.7. The van der Waals surface area contributed by atoms with Crippen molar-refractivity contribution in [2.75, 3.05) is 12.4 Å². The minimum atomic E-state index is -0.552. The predicted molar refractivity (Wildman–Crippen MR) is 103 cm³/mol. The third-order valence-corrected chi connectivity index (χ3v) is 4.65. The zero-order chi connectivity index (χ0) is 20.1. The van der Waals surface area contributed by atoms with Crippen molar-refractivity contribution in [1.29, 1.82) is 0 Å². The van der Waals surface area contributed by atoms with Crippen LogP contribution >= 0.6 is 11.8 Å². The molecule has 0 unspecified atom stereocenters. The van der Waals surface area contributed by atoms with Crippen LogP contribution in [0.4, 0.5) is 11.4 Å². The molecule has 0 aliphatic rings. The Morgan fingerprint density at radius 2 is 2.00 bits per heavy atom. The third kappa shape index (κ3) is 4.65. The van der Waals surface area contributed by atoms with Gasteiger partial charge < -0.3 is 14.5 Å². The van der Waals surface area contributed by atoms with E-state index in [1.54, 1.807) is 44.4 Å². The van der Waals surface area contributed by atoms with Crippen LogP contribution in [0.3, 0.4) is 0 Å². The van der Waals surface area contributed by atoms with Crippen molar-refractivity contribution in [2.45, 2.75) is 17.4 Å². The van der Waals surface area contributed by atoms with Gasteiger partial charge in [0.25, 0.3) is 10.9 Å². The first-order valence-corrected chi connectivity index (χ1v) is 9.04. The highest BCUT2D eigenvalue weighted by molar-refractivity contribution is 8.00. The number of nitro benzene ring substituents is 1. The minimum absolute atomic E-state index is 0.0980. The number of hydrogen-bond acceptors (Lipinski definition) is 8. The van der Waals surface area contributed by atoms with Crippen LogP contribution in [0.25, 0.3) is 11.5 Å². The van der Waals surface area contributed by atoms with Gasteiger partial charge in [0.2, 0.25) is 11.8 Å². The Morgan fingerprint density at radius 3 is 2.68 bits per heavy atom. The molecule has 0 aliphatic carbocycles. The van der Waals surface area contributed by atoms with Gasteiger partial charge in [0.05, 0.1) is 17.3 Å². The first-order valence-electron chi connectivity index (χ1n) is 8.16. The van der Waals surface area contributed by atoms with Crippen molar-refractivity contribution in [2.24, 2.45) is 0 Å². The van der Waals surface area contributed by atoms with Gasteiger partial charge in [-0.25, -0.2) is 0 Å². The summed E-state index contributed by atoms with van der Waals surface area (Å²) in [5.74, 6) is 0.704. The van der Waals surface area contributed by atoms with E-state index in [1.807, 2.05) is 0 Å². The van der Waals surface area contributed by atoms with E-state index in [0.717, 1.165) is 17.3 Å². The lowest BCUT2D eigenvalue weighted by molar-refractivity contribution is -0.384. The monoisotopic (exact) mass is 400 g/mol. The molecule has 3 rings (SSSR count). The number of nitrogens with one attached hydrogen (secondary N) is 1. The lowest BCUT2D eigenvalue weighted by Crippen LogP contribution is -2.22. The van der Waals surface area contributed by atoms with Gasteiger partial charge in [0.15, 0.2) is 0 Å². The summed E-state index contributed by atoms with van der Waals surface area (Å²) in [7, 11) is 1.58. The largest absolute Gasteiger partial charge is 0.497 e. The van der Waals surface area contributed by atoms with Crippen molar-refractivity contribution >= 4 is 29.0 Å². The van der Waals surface area contributed by atoms with Gasteiger partial charge in [-0.2, -0.15) is 0 Å². The Hall–Kier alpha value is -3.40. The van der Waals surface area contributed by atoms with E-state index >= 15 is 0 Å². The molecule has 28 heavy (non-hydrogen) atoms. The molecule has 2 aromatic carbocycles. The van der Waals surface area contributed by atoms with E-state index in [2.05, 4.69) is 15.5 Å². The Balaban J connectivity index is 1.63. The Bertz CT molecular complexity index is 990. The zero-order valence-corrected chi connectivity index (χ0v) is 15.8. The topological polar surface area (TPSA) is 120 Å². The Kier molecular flexibility index (Phi) is 5.90. The molecule has 1 N–H and O–H groups in total. The van der Waals surface area contributed by atoms with Crippen LogP contribution in [0.1, 0.15) is 6.92 Å². The van der Waals surface area contributed by atoms with Gasteiger partial charge in [0.1, 0.15) is 5.75 Å². The molecule has 1 aromatic heterocycles. The van der Waals surface area contributed by atoms with Crippen LogP contribution in [0, 0.1) is 10.1 Å². The van der Waals surface area contributed by atoms with Crippen LogP contribution in [0.5, 0.6) is 5.75 Å². The lowest BCUT2D eigenvalue weighted by atomic mass is 10.2. The van der Waals surface area contributed by atoms with Crippen LogP contribution < -0.4 is 10.1 Å². The second-order valence-electron chi connectivity index (χ2n) is 5.66. The molecule has 0 fully saturated rings. The zero-order valence-electron chi connectivity index (χ0n) is 15.0. The molecule has 0 saturated heterocycles. The number of aromatic nitrogens is 2. The number of rotatable bonds is 7. The lowest BCUT2D eigenvalue weighted by Gasteiger charge is -2.09. The number of thioether (sulfide) groups is 1. The summed E-state index contributed by atoms with van der Waals surface area (Å²) >= 11 is 1.09. The molecule has 3 aromatic rings. The molecule has 0 bridgehead atoms. The number of anilines is 1. The quantitative estimate of drug-likeness (QED) is 0.361. The molecule has 9 nitrogen and oxygen atoms in total. The number of carbonyl (C=O) groups is 1. The normalized spacial score (nSPS) is 11.6. The summed E-state index contributed by atoms with van der Waals surface area (Å²) in [4.78, 5) is 22.6. The fraction of sp³-hybridized carbons (Fsp3) is 0.167. The number of carbonyl (C=O) groups excluding carboxylic acids is 1. The van der Waals surface area contributed by atoms with Gasteiger partial charge >= 0.3 is 0 Å². The molecule has 0 saturated carbocycles. The van der Waals surface area contributed by atoms with Gasteiger partial charge in [-0.15, -0.1) is 10.2 Å². The van der Waals surface area contributed by atoms with Crippen molar-refractivity contribution in [3.05, 3.63) is 58.6 Å². The van der Waals surface area contributed by atoms with E-state index in [4.69, 9.17) is 9.15 Å². The summed E-state index contributed by atoms with van der Waals surface area (Å²) in [5.41, 5.74) is 0.976. The molecule has 144 valence electrons. The molecule has 1 amide bonds. The summed E-state index contributed by atoms with van der Waals surface area (Å²) in [6.45, 7) is 1.68. The molecular formula is C18H16N4O5S. The molecule has 0 radical (unpaired) electrons. The standard InChI is InChI=1S/C18H16N4O5S/c1-11(16(23)19-13-4-3-5-14(10-13)22(24)25)28-18-21-20-17(27-18)12-6-8-15(26-2)9-7-12/h3-11H,1-2H3,(H,19,23)/t11-/m0/s1. The van der Waals surface area contributed by atoms with Gasteiger partial charge in [0, 0.05) is 23.4 Å². The Labute approximate surface area is 164 Å². The average Bonchev–Trinajstić information content (AvgIpc) is 3.16. The summed E-state index contributed by atoms with van der Waals surface area (Å²) in [6.07, 6.45) is 0. The van der Waals surface area contributed by atoms with E-state index < -0.39 is 10.2 Å². The number of non-ortho nitro benzene ring substituents is 1. The number of nitrogens with zero attached hydrogens (tertiary/aromatic N) is 3. The first kappa shape index (κ1) is 19.4. The molecule has 0 aliphatic heterocycles. The first-order chi connectivity index (χ1) is 13.5. The van der Waals surface area contributed by atoms with E-state index in [1.165, 1.54) is 18.2 Å². The number of methoxy groups -OCH3 is 1. The van der Waals surface area contributed by atoms with Gasteiger partial charge in [-0.1, -0.05) is 17.8 Å². The maximum Gasteiger partial charge on any atom is 0.277 e. The van der Waals surface area contributed by atoms with Crippen LogP contribution in [0.15, 0.2) is 58.2 Å². The summed E-state index contributed by atoms with van der Waals surface area (Å²) in [5, 5.41) is 21.1. The fourth-order valence-electron chi connectivity index (χ4n) is 2.25. The van der Waals surface area contributed by atoms with Crippen molar-refractivity contribution < 1.29 is 18.9 Å². The number of benzene rings is 2. The third-order valence-electron chi connectivity index (χ3n) is 3.71. The molecule has 1 atom stereocenters. The summed E-state index contributed by atoms with van der Waals surface area (Å²) in [6, 6.07) is 12.9. The second kappa shape index (κ2) is 8.53. The molecule has 0 spiro atoms. The maximum absolute atomic E-state index is 12.3. The SMILES string of the molecule is COc1ccc(-c2nnc(S[C@@H](C)C(=O)Nc3cccc([N+](=O)[O-])c3)o2)cc1. The highest BCUT2D eigenvalue weighted by Crippen LogP contribution is 2.28. The number of nitro groups is 1. The molecule has 1 heterocycles. The van der Waals surface area contributed by atoms with E-state index in [-0.39, 0.29) is 16.8 Å². The van der Waals surface area contributed by atoms with Crippen LogP contribution in [-0.2, 0) is 4.79 Å². The highest BCUT2D eigenvalue weighted by Gasteiger charge is 2.19. The van der Waals surface area contributed by atoms with E-state index in [0.29, 0.717) is 17.3 Å². The average molecular weight is 400 g/mol. The van der Waals surface area contributed by atoms with Gasteiger partial charge in [-0.05, 0) is 37.3 Å². The Morgan fingerprint density at radius 1 is 1.25 bits per heavy atom. The fourth-order valence-corrected chi connectivity index (χ4v) is 2.94. The van der Waals surface area contributed by atoms with Crippen molar-refractivity contribution in [3.8, 4) is 17.2 Å². The van der Waals surface area contributed by atoms with Crippen molar-refractivity contribution in [3.63, 3.8) is 0 Å². The number of amides is 1. The number of hydrogen-bond donors (Lipinski definition) is 1. The van der Waals surface area contributed by atoms with Crippen LogP contribution in [-0.4, -0.2) is 33.4 Å². The second-order valence-corrected chi connectivity index (χ2v) is 6.95. The highest BCUT2D eigenvalue weighted by atomic mass is 32.2. The smallest absolute Gasteiger partial charge is 0.277 e. The molecular weight excluding hydrogens is 384 g/mol. The van der Waals surface area contributed by atoms with Crippen molar-refractivity contribution in [1.82, 2.24) is 10.2 Å². The maximum atomic E-state index is 12.3. The van der Waals surface area contributed by atoms with Gasteiger partial charge in [-0.3, -0.25) is 14.9 Å². The molecule has 10 heteroatoms. The predicted octanol–water partition coefficient (Wildman–Crippen LogP) is 3.77. The minimum Gasteiger partial charge on any atom is -0.497 e. The number of ether oxygens (including phenoxy) is 1. The van der Waals surface area contributed by atoms with Crippen LogP contribution in [0.2, 0.25) is 0 Å². The van der Waals surface area contributed by atoms with E-state index in [9.17, 15) is 14.9 Å².